The third kappa shape index (κ3) is 3.60. The molecule has 1 aliphatic carbocycles. The Labute approximate surface area is 70.7 Å². The van der Waals surface area contributed by atoms with Crippen molar-refractivity contribution in [2.45, 2.75) is 52.4 Å². The average molecular weight is 152 g/mol. The molecule has 0 nitrogen and oxygen atoms in total. The summed E-state index contributed by atoms with van der Waals surface area (Å²) in [7, 11) is 0. The van der Waals surface area contributed by atoms with E-state index in [-0.39, 0.29) is 0 Å². The fourth-order valence-corrected chi connectivity index (χ4v) is 1.71. The average Bonchev–Trinajstić information content (AvgIpc) is 2.06. The summed E-state index contributed by atoms with van der Waals surface area (Å²) in [5, 5.41) is 0. The second-order valence-electron chi connectivity index (χ2n) is 3.98. The second-order valence-corrected chi connectivity index (χ2v) is 3.98. The molecule has 0 heteroatoms. The van der Waals surface area contributed by atoms with Crippen LogP contribution in [-0.2, 0) is 0 Å². The van der Waals surface area contributed by atoms with Crippen LogP contribution in [0.2, 0.25) is 0 Å². The predicted molar refractivity (Wildman–Crippen MR) is 50.6 cm³/mol. The largest absolute Gasteiger partial charge is 0.0856 e. The standard InChI is InChI=1S/C11H20/c1-10-6-4-3-5-7-11(2)9-8-10/h6,11H,3-5,7-9H2,1-2H3. The zero-order valence-electron chi connectivity index (χ0n) is 7.90. The predicted octanol–water partition coefficient (Wildman–Crippen LogP) is 3.92. The summed E-state index contributed by atoms with van der Waals surface area (Å²) in [6.07, 6.45) is 10.8. The molecule has 0 saturated carbocycles. The SMILES string of the molecule is CC1=CCCCCC(C)CC1. The molecule has 0 fully saturated rings. The van der Waals surface area contributed by atoms with Crippen LogP contribution in [-0.4, -0.2) is 0 Å². The minimum atomic E-state index is 0.955. The van der Waals surface area contributed by atoms with E-state index in [1.54, 1.807) is 5.57 Å². The molecule has 0 aliphatic heterocycles. The van der Waals surface area contributed by atoms with Gasteiger partial charge < -0.3 is 0 Å². The van der Waals surface area contributed by atoms with Gasteiger partial charge in [-0.25, -0.2) is 0 Å². The summed E-state index contributed by atoms with van der Waals surface area (Å²) in [6, 6.07) is 0. The maximum absolute atomic E-state index is 2.43. The van der Waals surface area contributed by atoms with Crippen molar-refractivity contribution in [3.63, 3.8) is 0 Å². The Morgan fingerprint density at radius 2 is 2.09 bits per heavy atom. The highest BCUT2D eigenvalue weighted by Gasteiger charge is 2.04. The van der Waals surface area contributed by atoms with Gasteiger partial charge in [0, 0.05) is 0 Å². The van der Waals surface area contributed by atoms with Crippen molar-refractivity contribution in [2.75, 3.05) is 0 Å². The lowest BCUT2D eigenvalue weighted by Gasteiger charge is -2.08. The maximum atomic E-state index is 2.43. The lowest BCUT2D eigenvalue weighted by molar-refractivity contribution is 0.472. The van der Waals surface area contributed by atoms with E-state index < -0.39 is 0 Å². The Balaban J connectivity index is 2.38. The van der Waals surface area contributed by atoms with Crippen molar-refractivity contribution < 1.29 is 0 Å². The van der Waals surface area contributed by atoms with E-state index in [1.165, 1.54) is 38.5 Å². The molecule has 11 heavy (non-hydrogen) atoms. The quantitative estimate of drug-likeness (QED) is 0.461. The van der Waals surface area contributed by atoms with Gasteiger partial charge in [0.25, 0.3) is 0 Å². The van der Waals surface area contributed by atoms with Crippen molar-refractivity contribution in [1.29, 1.82) is 0 Å². The van der Waals surface area contributed by atoms with Gasteiger partial charge in [-0.15, -0.1) is 0 Å². The normalized spacial score (nSPS) is 28.2. The topological polar surface area (TPSA) is 0 Å². The molecule has 1 unspecified atom stereocenters. The Morgan fingerprint density at radius 1 is 1.27 bits per heavy atom. The highest BCUT2D eigenvalue weighted by molar-refractivity contribution is 4.98. The van der Waals surface area contributed by atoms with E-state index >= 15 is 0 Å². The molecule has 0 aromatic rings. The van der Waals surface area contributed by atoms with E-state index in [0.717, 1.165) is 5.92 Å². The summed E-state index contributed by atoms with van der Waals surface area (Å²) in [6.45, 7) is 4.66. The number of allylic oxidation sites excluding steroid dienone is 2. The van der Waals surface area contributed by atoms with Crippen molar-refractivity contribution in [3.8, 4) is 0 Å². The van der Waals surface area contributed by atoms with Gasteiger partial charge in [-0.3, -0.25) is 0 Å². The van der Waals surface area contributed by atoms with Crippen molar-refractivity contribution in [2.24, 2.45) is 5.92 Å². The zero-order chi connectivity index (χ0) is 8.10. The molecule has 0 aromatic heterocycles. The van der Waals surface area contributed by atoms with E-state index in [4.69, 9.17) is 0 Å². The highest BCUT2D eigenvalue weighted by Crippen LogP contribution is 2.20. The van der Waals surface area contributed by atoms with Crippen LogP contribution in [0.25, 0.3) is 0 Å². The van der Waals surface area contributed by atoms with E-state index in [9.17, 15) is 0 Å². The van der Waals surface area contributed by atoms with Crippen LogP contribution in [0.15, 0.2) is 11.6 Å². The molecule has 1 aliphatic rings. The first-order chi connectivity index (χ1) is 5.29. The summed E-state index contributed by atoms with van der Waals surface area (Å²) >= 11 is 0. The number of rotatable bonds is 0. The summed E-state index contributed by atoms with van der Waals surface area (Å²) in [4.78, 5) is 0. The molecule has 0 radical (unpaired) electrons. The molecule has 64 valence electrons. The van der Waals surface area contributed by atoms with Gasteiger partial charge in [0.2, 0.25) is 0 Å². The molecule has 0 N–H and O–H groups in total. The van der Waals surface area contributed by atoms with E-state index in [1.807, 2.05) is 0 Å². The Hall–Kier alpha value is -0.260. The third-order valence-corrected chi connectivity index (χ3v) is 2.68. The lowest BCUT2D eigenvalue weighted by atomic mass is 9.98. The first-order valence-electron chi connectivity index (χ1n) is 4.94. The van der Waals surface area contributed by atoms with Crippen molar-refractivity contribution in [3.05, 3.63) is 11.6 Å². The van der Waals surface area contributed by atoms with Crippen LogP contribution in [0.3, 0.4) is 0 Å². The molecule has 0 amide bonds. The van der Waals surface area contributed by atoms with Gasteiger partial charge in [-0.05, 0) is 38.5 Å². The van der Waals surface area contributed by atoms with Crippen LogP contribution >= 0.6 is 0 Å². The lowest BCUT2D eigenvalue weighted by Crippen LogP contribution is -1.93. The monoisotopic (exact) mass is 152 g/mol. The minimum Gasteiger partial charge on any atom is -0.0856 e. The molecule has 0 bridgehead atoms. The fourth-order valence-electron chi connectivity index (χ4n) is 1.71. The first kappa shape index (κ1) is 8.83. The van der Waals surface area contributed by atoms with Crippen LogP contribution < -0.4 is 0 Å². The molecule has 0 heterocycles. The first-order valence-corrected chi connectivity index (χ1v) is 4.94. The van der Waals surface area contributed by atoms with Gasteiger partial charge in [0.15, 0.2) is 0 Å². The smallest absolute Gasteiger partial charge is 0.0321 e. The molecular formula is C11H20. The van der Waals surface area contributed by atoms with Crippen LogP contribution in [0, 0.1) is 5.92 Å². The van der Waals surface area contributed by atoms with E-state index in [0.29, 0.717) is 0 Å². The summed E-state index contributed by atoms with van der Waals surface area (Å²) < 4.78 is 0. The zero-order valence-corrected chi connectivity index (χ0v) is 7.90. The fraction of sp³-hybridized carbons (Fsp3) is 0.818. The van der Waals surface area contributed by atoms with Crippen LogP contribution in [0.4, 0.5) is 0 Å². The molecule has 0 aromatic carbocycles. The molecule has 1 atom stereocenters. The van der Waals surface area contributed by atoms with Gasteiger partial charge in [-0.1, -0.05) is 31.4 Å². The minimum absolute atomic E-state index is 0.955. The molecule has 0 spiro atoms. The van der Waals surface area contributed by atoms with Gasteiger partial charge >= 0.3 is 0 Å². The third-order valence-electron chi connectivity index (χ3n) is 2.68. The number of hydrogen-bond acceptors (Lipinski definition) is 0. The summed E-state index contributed by atoms with van der Waals surface area (Å²) in [5.74, 6) is 0.955. The molecule has 0 saturated heterocycles. The Bertz CT molecular complexity index is 133. The van der Waals surface area contributed by atoms with Crippen LogP contribution in [0.1, 0.15) is 52.4 Å². The number of hydrogen-bond donors (Lipinski definition) is 0. The van der Waals surface area contributed by atoms with Gasteiger partial charge in [0.1, 0.15) is 0 Å². The van der Waals surface area contributed by atoms with Gasteiger partial charge in [-0.2, -0.15) is 0 Å². The molecular weight excluding hydrogens is 132 g/mol. The Morgan fingerprint density at radius 3 is 2.91 bits per heavy atom. The highest BCUT2D eigenvalue weighted by atomic mass is 14.1. The molecule has 1 rings (SSSR count). The second kappa shape index (κ2) is 4.58. The van der Waals surface area contributed by atoms with Crippen molar-refractivity contribution >= 4 is 0 Å². The van der Waals surface area contributed by atoms with E-state index in [2.05, 4.69) is 19.9 Å². The van der Waals surface area contributed by atoms with Gasteiger partial charge in [0.05, 0.1) is 0 Å². The van der Waals surface area contributed by atoms with Crippen LogP contribution in [0.5, 0.6) is 0 Å². The maximum Gasteiger partial charge on any atom is -0.0321 e. The Kier molecular flexibility index (Phi) is 3.68. The summed E-state index contributed by atoms with van der Waals surface area (Å²) in [5.41, 5.74) is 1.61. The van der Waals surface area contributed by atoms with Crippen molar-refractivity contribution in [1.82, 2.24) is 0 Å².